The lowest BCUT2D eigenvalue weighted by molar-refractivity contribution is -0.697. The second kappa shape index (κ2) is 14.1. The van der Waals surface area contributed by atoms with E-state index >= 15 is 0 Å². The van der Waals surface area contributed by atoms with Crippen LogP contribution in [0.5, 0.6) is 11.5 Å². The van der Waals surface area contributed by atoms with E-state index in [-0.39, 0.29) is 11.5 Å². The van der Waals surface area contributed by atoms with Crippen LogP contribution >= 0.6 is 0 Å². The van der Waals surface area contributed by atoms with E-state index in [1.165, 1.54) is 0 Å². The molecular formula is C37H41N12O2+3. The number of benzene rings is 4. The van der Waals surface area contributed by atoms with E-state index in [1.54, 1.807) is 36.4 Å². The number of nitrogens with two attached hydrogens (primary N) is 2. The van der Waals surface area contributed by atoms with E-state index in [0.29, 0.717) is 22.7 Å². The van der Waals surface area contributed by atoms with Crippen molar-refractivity contribution in [3.8, 4) is 11.5 Å². The summed E-state index contributed by atoms with van der Waals surface area (Å²) in [7, 11) is 3.90. The molecule has 51 heavy (non-hydrogen) atoms. The molecule has 0 aliphatic carbocycles. The van der Waals surface area contributed by atoms with Crippen LogP contribution in [0.2, 0.25) is 0 Å². The summed E-state index contributed by atoms with van der Waals surface area (Å²) in [5.41, 5.74) is 14.8. The number of aromatic nitrogens is 6. The number of aryl methyl sites for hydroxylation is 6. The highest BCUT2D eigenvalue weighted by atomic mass is 16.3. The molecule has 0 saturated carbocycles. The van der Waals surface area contributed by atoms with E-state index in [1.807, 2.05) is 72.3 Å². The SMILES string of the molecule is C[n+]1ccn(CCCn2cc[n+](CCCn3cc[n+](C)c3N=Nc3ccc(N)c4cc(O)ccc34)c2)c1N=Nc1ccc(N)c2cc(O)ccc12. The number of fused-ring (bicyclic) bond motifs is 2. The number of rotatable bonds is 12. The summed E-state index contributed by atoms with van der Waals surface area (Å²) in [5, 5.41) is 41.2. The second-order valence-electron chi connectivity index (χ2n) is 12.6. The predicted octanol–water partition coefficient (Wildman–Crippen LogP) is 5.92. The zero-order valence-corrected chi connectivity index (χ0v) is 28.6. The minimum Gasteiger partial charge on any atom is -0.508 e. The zero-order chi connectivity index (χ0) is 35.5. The number of nitrogen functional groups attached to an aromatic ring is 2. The molecule has 0 aliphatic rings. The van der Waals surface area contributed by atoms with Gasteiger partial charge in [-0.2, -0.15) is 0 Å². The number of hydrogen-bond acceptors (Lipinski definition) is 8. The fourth-order valence-electron chi connectivity index (χ4n) is 6.25. The van der Waals surface area contributed by atoms with Crippen LogP contribution in [-0.4, -0.2) is 23.9 Å². The van der Waals surface area contributed by atoms with Gasteiger partial charge in [0.2, 0.25) is 6.33 Å². The topological polar surface area (TPSA) is 168 Å². The van der Waals surface area contributed by atoms with Crippen LogP contribution in [0.3, 0.4) is 0 Å². The van der Waals surface area contributed by atoms with Gasteiger partial charge in [-0.05, 0) is 60.7 Å². The third kappa shape index (κ3) is 7.11. The Hall–Kier alpha value is -6.57. The van der Waals surface area contributed by atoms with Gasteiger partial charge < -0.3 is 21.7 Å². The molecule has 0 saturated heterocycles. The van der Waals surface area contributed by atoms with Crippen molar-refractivity contribution in [2.45, 2.75) is 39.0 Å². The highest BCUT2D eigenvalue weighted by Gasteiger charge is 2.18. The summed E-state index contributed by atoms with van der Waals surface area (Å²) < 4.78 is 12.5. The van der Waals surface area contributed by atoms with Gasteiger partial charge >= 0.3 is 11.9 Å². The largest absolute Gasteiger partial charge is 0.508 e. The van der Waals surface area contributed by atoms with Gasteiger partial charge in [-0.15, -0.1) is 0 Å². The molecule has 0 unspecified atom stereocenters. The van der Waals surface area contributed by atoms with Gasteiger partial charge in [-0.1, -0.05) is 10.2 Å². The summed E-state index contributed by atoms with van der Waals surface area (Å²) in [4.78, 5) is 0. The highest BCUT2D eigenvalue weighted by Crippen LogP contribution is 2.34. The van der Waals surface area contributed by atoms with Crippen LogP contribution in [0.1, 0.15) is 12.8 Å². The van der Waals surface area contributed by atoms with Crippen LogP contribution in [0.25, 0.3) is 21.5 Å². The molecule has 258 valence electrons. The van der Waals surface area contributed by atoms with E-state index in [0.717, 1.165) is 72.5 Å². The maximum atomic E-state index is 9.90. The first-order valence-electron chi connectivity index (χ1n) is 16.7. The fourth-order valence-corrected chi connectivity index (χ4v) is 6.25. The molecule has 0 spiro atoms. The first kappa shape index (κ1) is 33.0. The van der Waals surface area contributed by atoms with Gasteiger partial charge in [0, 0.05) is 56.0 Å². The number of aromatic hydroxyl groups is 2. The molecule has 3 aromatic heterocycles. The van der Waals surface area contributed by atoms with Crippen LogP contribution in [0.15, 0.2) is 125 Å². The quantitative estimate of drug-likeness (QED) is 0.0712. The smallest absolute Gasteiger partial charge is 0.421 e. The van der Waals surface area contributed by atoms with Crippen molar-refractivity contribution in [3.05, 3.63) is 104 Å². The molecule has 7 rings (SSSR count). The third-order valence-electron chi connectivity index (χ3n) is 8.98. The molecule has 0 amide bonds. The predicted molar refractivity (Wildman–Crippen MR) is 193 cm³/mol. The summed E-state index contributed by atoms with van der Waals surface area (Å²) >= 11 is 0. The molecule has 14 nitrogen and oxygen atoms in total. The summed E-state index contributed by atoms with van der Waals surface area (Å²) in [5.74, 6) is 1.79. The molecular weight excluding hydrogens is 644 g/mol. The van der Waals surface area contributed by atoms with Crippen LogP contribution in [-0.2, 0) is 40.3 Å². The molecule has 0 bridgehead atoms. The zero-order valence-electron chi connectivity index (χ0n) is 28.6. The van der Waals surface area contributed by atoms with E-state index in [2.05, 4.69) is 57.4 Å². The molecule has 4 aromatic carbocycles. The highest BCUT2D eigenvalue weighted by molar-refractivity contribution is 6.01. The molecule has 0 atom stereocenters. The molecule has 7 aromatic rings. The average Bonchev–Trinajstić information content (AvgIpc) is 3.83. The van der Waals surface area contributed by atoms with Gasteiger partial charge in [0.15, 0.2) is 0 Å². The van der Waals surface area contributed by atoms with Gasteiger partial charge in [-0.25, -0.2) is 27.4 Å². The standard InChI is InChI=1S/C37H38N12O2/c1-44-17-21-48(36(44)42-40-34-11-9-32(38)30-23-26(50)5-7-28(30)34)15-3-13-46-19-20-47(25-46)14-4-16-49-22-18-45(2)37(49)43-41-35-12-10-33(39)31-24-27(51)6-8-29(31)35/h5-12,17-25,38-39H,3-4,13-16H2,1-2H3,(H-,40,41,50,51)/p+3. The van der Waals surface area contributed by atoms with Crippen molar-refractivity contribution in [3.63, 3.8) is 0 Å². The van der Waals surface area contributed by atoms with Gasteiger partial charge in [0.25, 0.3) is 0 Å². The second-order valence-corrected chi connectivity index (χ2v) is 12.6. The van der Waals surface area contributed by atoms with E-state index < -0.39 is 0 Å². The maximum absolute atomic E-state index is 9.90. The Labute approximate surface area is 294 Å². The molecule has 0 aliphatic heterocycles. The number of hydrogen-bond donors (Lipinski definition) is 4. The molecule has 14 heteroatoms. The van der Waals surface area contributed by atoms with Gasteiger partial charge in [0.1, 0.15) is 35.3 Å². The molecule has 3 heterocycles. The van der Waals surface area contributed by atoms with Crippen LogP contribution in [0, 0.1) is 0 Å². The number of anilines is 2. The Morgan fingerprint density at radius 2 is 1.12 bits per heavy atom. The van der Waals surface area contributed by atoms with E-state index in [4.69, 9.17) is 11.5 Å². The molecule has 0 fully saturated rings. The minimum atomic E-state index is 0.158. The monoisotopic (exact) mass is 685 g/mol. The maximum Gasteiger partial charge on any atom is 0.421 e. The Balaban J connectivity index is 0.938. The minimum absolute atomic E-state index is 0.158. The van der Waals surface area contributed by atoms with Crippen molar-refractivity contribution in [2.24, 2.45) is 34.6 Å². The lowest BCUT2D eigenvalue weighted by Gasteiger charge is -2.04. The van der Waals surface area contributed by atoms with E-state index in [9.17, 15) is 10.2 Å². The Morgan fingerprint density at radius 1 is 0.588 bits per heavy atom. The average molecular weight is 686 g/mol. The number of phenols is 2. The molecule has 0 radical (unpaired) electrons. The Morgan fingerprint density at radius 3 is 1.67 bits per heavy atom. The van der Waals surface area contributed by atoms with Gasteiger partial charge in [-0.3, -0.25) is 0 Å². The lowest BCUT2D eigenvalue weighted by atomic mass is 10.1. The first-order chi connectivity index (χ1) is 24.7. The fraction of sp³-hybridized carbons (Fsp3) is 0.216. The Bertz CT molecular complexity index is 2250. The van der Waals surface area contributed by atoms with Crippen molar-refractivity contribution in [1.29, 1.82) is 0 Å². The summed E-state index contributed by atoms with van der Waals surface area (Å²) in [6.07, 6.45) is 16.1. The number of phenolic OH excluding ortho intramolecular Hbond substituents is 2. The lowest BCUT2D eigenvalue weighted by Crippen LogP contribution is -2.32. The molecule has 6 N–H and O–H groups in total. The van der Waals surface area contributed by atoms with Crippen molar-refractivity contribution < 1.29 is 23.9 Å². The summed E-state index contributed by atoms with van der Waals surface area (Å²) in [6, 6.07) is 17.4. The summed E-state index contributed by atoms with van der Waals surface area (Å²) in [6.45, 7) is 3.27. The van der Waals surface area contributed by atoms with Crippen LogP contribution < -0.4 is 25.2 Å². The van der Waals surface area contributed by atoms with Gasteiger partial charge in [0.05, 0.1) is 65.1 Å². The number of azo groups is 2. The number of nitrogens with zero attached hydrogens (tertiary/aromatic N) is 10. The van der Waals surface area contributed by atoms with Crippen LogP contribution in [0.4, 0.5) is 34.6 Å². The normalized spacial score (nSPS) is 12.0. The Kier molecular flexibility index (Phi) is 9.12. The third-order valence-corrected chi connectivity index (χ3v) is 8.98. The van der Waals surface area contributed by atoms with Crippen molar-refractivity contribution in [1.82, 2.24) is 13.7 Å². The van der Waals surface area contributed by atoms with Crippen molar-refractivity contribution >= 4 is 56.2 Å². The van der Waals surface area contributed by atoms with Crippen molar-refractivity contribution in [2.75, 3.05) is 11.5 Å². The first-order valence-corrected chi connectivity index (χ1v) is 16.7. The number of imidazole rings is 3.